The second-order valence-electron chi connectivity index (χ2n) is 3.55. The summed E-state index contributed by atoms with van der Waals surface area (Å²) in [6.45, 7) is 6.11. The van der Waals surface area contributed by atoms with Crippen LogP contribution in [0.5, 0.6) is 0 Å². The maximum atomic E-state index is 11.1. The Hall–Kier alpha value is -0.790. The van der Waals surface area contributed by atoms with Crippen molar-refractivity contribution in [2.45, 2.75) is 59.0 Å². The van der Waals surface area contributed by atoms with E-state index in [4.69, 9.17) is 4.74 Å². The number of hydrogen-bond donors (Lipinski definition) is 0. The molecule has 0 aromatic heterocycles. The molecule has 2 heteroatoms. The van der Waals surface area contributed by atoms with Gasteiger partial charge in [0.05, 0.1) is 6.10 Å². The van der Waals surface area contributed by atoms with Crippen molar-refractivity contribution >= 4 is 5.97 Å². The molecule has 0 aliphatic rings. The SMILES string of the molecule is CCC=CC(=O)OC(C)CCCCC. The highest BCUT2D eigenvalue weighted by Crippen LogP contribution is 2.06. The van der Waals surface area contributed by atoms with E-state index in [0.717, 1.165) is 19.3 Å². The molecular weight excluding hydrogens is 176 g/mol. The van der Waals surface area contributed by atoms with Crippen LogP contribution in [0.25, 0.3) is 0 Å². The molecule has 0 rings (SSSR count). The van der Waals surface area contributed by atoms with Gasteiger partial charge in [0.1, 0.15) is 0 Å². The summed E-state index contributed by atoms with van der Waals surface area (Å²) < 4.78 is 5.17. The van der Waals surface area contributed by atoms with Crippen molar-refractivity contribution in [3.63, 3.8) is 0 Å². The van der Waals surface area contributed by atoms with Gasteiger partial charge in [0, 0.05) is 6.08 Å². The minimum Gasteiger partial charge on any atom is -0.460 e. The van der Waals surface area contributed by atoms with E-state index >= 15 is 0 Å². The first-order valence-corrected chi connectivity index (χ1v) is 5.57. The Bertz CT molecular complexity index is 173. The Balaban J connectivity index is 3.55. The molecule has 0 saturated heterocycles. The van der Waals surface area contributed by atoms with Crippen molar-refractivity contribution < 1.29 is 9.53 Å². The highest BCUT2D eigenvalue weighted by molar-refractivity contribution is 5.81. The zero-order valence-electron chi connectivity index (χ0n) is 9.58. The zero-order chi connectivity index (χ0) is 10.8. The van der Waals surface area contributed by atoms with E-state index in [1.165, 1.54) is 18.9 Å². The van der Waals surface area contributed by atoms with Crippen LogP contribution in [-0.2, 0) is 9.53 Å². The lowest BCUT2D eigenvalue weighted by molar-refractivity contribution is -0.142. The number of hydrogen-bond acceptors (Lipinski definition) is 2. The van der Waals surface area contributed by atoms with Gasteiger partial charge in [-0.2, -0.15) is 0 Å². The van der Waals surface area contributed by atoms with E-state index in [9.17, 15) is 4.79 Å². The lowest BCUT2D eigenvalue weighted by Gasteiger charge is -2.10. The number of carbonyl (C=O) groups excluding carboxylic acids is 1. The Morgan fingerprint density at radius 3 is 2.64 bits per heavy atom. The molecule has 14 heavy (non-hydrogen) atoms. The van der Waals surface area contributed by atoms with Gasteiger partial charge in [0.15, 0.2) is 0 Å². The highest BCUT2D eigenvalue weighted by Gasteiger charge is 2.05. The van der Waals surface area contributed by atoms with Crippen LogP contribution < -0.4 is 0 Å². The smallest absolute Gasteiger partial charge is 0.330 e. The third-order valence-electron chi connectivity index (χ3n) is 2.02. The molecule has 0 aliphatic carbocycles. The maximum absolute atomic E-state index is 11.1. The van der Waals surface area contributed by atoms with E-state index < -0.39 is 0 Å². The zero-order valence-corrected chi connectivity index (χ0v) is 9.58. The number of esters is 1. The maximum Gasteiger partial charge on any atom is 0.330 e. The van der Waals surface area contributed by atoms with Gasteiger partial charge < -0.3 is 4.74 Å². The van der Waals surface area contributed by atoms with Crippen LogP contribution in [0.2, 0.25) is 0 Å². The molecule has 0 spiro atoms. The quantitative estimate of drug-likeness (QED) is 0.356. The summed E-state index contributed by atoms with van der Waals surface area (Å²) in [6, 6.07) is 0. The summed E-state index contributed by atoms with van der Waals surface area (Å²) in [5.74, 6) is -0.212. The van der Waals surface area contributed by atoms with Gasteiger partial charge in [-0.25, -0.2) is 4.79 Å². The van der Waals surface area contributed by atoms with Crippen LogP contribution in [0.1, 0.15) is 52.9 Å². The average Bonchev–Trinajstić information content (AvgIpc) is 2.15. The largest absolute Gasteiger partial charge is 0.460 e. The molecule has 0 aliphatic heterocycles. The molecule has 1 unspecified atom stereocenters. The Morgan fingerprint density at radius 1 is 1.36 bits per heavy atom. The van der Waals surface area contributed by atoms with Crippen LogP contribution >= 0.6 is 0 Å². The van der Waals surface area contributed by atoms with Crippen molar-refractivity contribution in [2.24, 2.45) is 0 Å². The van der Waals surface area contributed by atoms with Crippen molar-refractivity contribution in [1.82, 2.24) is 0 Å². The molecule has 0 saturated carbocycles. The number of rotatable bonds is 7. The Morgan fingerprint density at radius 2 is 2.07 bits per heavy atom. The van der Waals surface area contributed by atoms with Crippen LogP contribution in [-0.4, -0.2) is 12.1 Å². The molecule has 2 nitrogen and oxygen atoms in total. The van der Waals surface area contributed by atoms with Gasteiger partial charge in [-0.05, 0) is 26.2 Å². The summed E-state index contributed by atoms with van der Waals surface area (Å²) in [5, 5.41) is 0. The third kappa shape index (κ3) is 7.84. The lowest BCUT2D eigenvalue weighted by Crippen LogP contribution is -2.12. The van der Waals surface area contributed by atoms with Crippen LogP contribution in [0.15, 0.2) is 12.2 Å². The molecule has 82 valence electrons. The molecule has 0 aromatic carbocycles. The second-order valence-corrected chi connectivity index (χ2v) is 3.55. The van der Waals surface area contributed by atoms with Gasteiger partial charge in [-0.15, -0.1) is 0 Å². The molecule has 0 heterocycles. The number of unbranched alkanes of at least 4 members (excludes halogenated alkanes) is 2. The number of ether oxygens (including phenoxy) is 1. The third-order valence-corrected chi connectivity index (χ3v) is 2.02. The monoisotopic (exact) mass is 198 g/mol. The van der Waals surface area contributed by atoms with Gasteiger partial charge >= 0.3 is 5.97 Å². The standard InChI is InChI=1S/C12H22O2/c1-4-6-8-9-11(3)14-12(13)10-7-5-2/h7,10-11H,4-6,8-9H2,1-3H3. The van der Waals surface area contributed by atoms with Crippen molar-refractivity contribution in [2.75, 3.05) is 0 Å². The molecule has 0 bridgehead atoms. The van der Waals surface area contributed by atoms with Crippen LogP contribution in [0, 0.1) is 0 Å². The highest BCUT2D eigenvalue weighted by atomic mass is 16.5. The first-order chi connectivity index (χ1) is 6.70. The minimum absolute atomic E-state index is 0.0514. The number of carbonyl (C=O) groups is 1. The van der Waals surface area contributed by atoms with Gasteiger partial charge in [-0.3, -0.25) is 0 Å². The summed E-state index contributed by atoms with van der Waals surface area (Å²) >= 11 is 0. The van der Waals surface area contributed by atoms with Crippen LogP contribution in [0.4, 0.5) is 0 Å². The minimum atomic E-state index is -0.212. The summed E-state index contributed by atoms with van der Waals surface area (Å²) in [6.07, 6.45) is 8.79. The molecule has 0 aromatic rings. The van der Waals surface area contributed by atoms with E-state index in [1.807, 2.05) is 19.9 Å². The fraction of sp³-hybridized carbons (Fsp3) is 0.750. The Labute approximate surface area is 87.3 Å². The molecule has 0 N–H and O–H groups in total. The molecule has 0 radical (unpaired) electrons. The fourth-order valence-electron chi connectivity index (χ4n) is 1.19. The molecular formula is C12H22O2. The normalized spacial score (nSPS) is 13.1. The van der Waals surface area contributed by atoms with Gasteiger partial charge in [0.2, 0.25) is 0 Å². The topological polar surface area (TPSA) is 26.3 Å². The Kier molecular flexibility index (Phi) is 8.30. The predicted octanol–water partition coefficient (Wildman–Crippen LogP) is 3.46. The van der Waals surface area contributed by atoms with E-state index in [2.05, 4.69) is 6.92 Å². The average molecular weight is 198 g/mol. The molecule has 1 atom stereocenters. The van der Waals surface area contributed by atoms with Crippen molar-refractivity contribution in [3.8, 4) is 0 Å². The molecule has 0 amide bonds. The van der Waals surface area contributed by atoms with Gasteiger partial charge in [-0.1, -0.05) is 32.8 Å². The predicted molar refractivity (Wildman–Crippen MR) is 59.1 cm³/mol. The van der Waals surface area contributed by atoms with Gasteiger partial charge in [0.25, 0.3) is 0 Å². The first-order valence-electron chi connectivity index (χ1n) is 5.57. The summed E-state index contributed by atoms with van der Waals surface area (Å²) in [5.41, 5.74) is 0. The summed E-state index contributed by atoms with van der Waals surface area (Å²) in [4.78, 5) is 11.1. The summed E-state index contributed by atoms with van der Waals surface area (Å²) in [7, 11) is 0. The lowest BCUT2D eigenvalue weighted by atomic mass is 10.1. The van der Waals surface area contributed by atoms with E-state index in [0.29, 0.717) is 0 Å². The first kappa shape index (κ1) is 13.2. The number of allylic oxidation sites excluding steroid dienone is 1. The second kappa shape index (κ2) is 8.79. The van der Waals surface area contributed by atoms with Crippen LogP contribution in [0.3, 0.4) is 0 Å². The van der Waals surface area contributed by atoms with E-state index in [-0.39, 0.29) is 12.1 Å². The fourth-order valence-corrected chi connectivity index (χ4v) is 1.19. The van der Waals surface area contributed by atoms with Crippen molar-refractivity contribution in [3.05, 3.63) is 12.2 Å². The van der Waals surface area contributed by atoms with E-state index in [1.54, 1.807) is 0 Å². The molecule has 0 fully saturated rings. The van der Waals surface area contributed by atoms with Crippen molar-refractivity contribution in [1.29, 1.82) is 0 Å².